The summed E-state index contributed by atoms with van der Waals surface area (Å²) in [6, 6.07) is 22.5. The molecule has 6 heterocycles. The van der Waals surface area contributed by atoms with Gasteiger partial charge in [-0.2, -0.15) is 5.26 Å². The molecule has 2 atom stereocenters. The SMILES string of the molecule is CC(C)(c1ccc(OCc2ccnc(N3CCN(C4CCN(CC5CN(c6ccc7c(c6)C(=O)N(C6CCC(=O)NC6=O)C7=O)C5)C4)CC3)n2)cc1)c1cc(Cl)cc(C#N)c1. The summed E-state index contributed by atoms with van der Waals surface area (Å²) < 4.78 is 6.14. The van der Waals surface area contributed by atoms with Gasteiger partial charge < -0.3 is 19.4 Å². The van der Waals surface area contributed by atoms with Crippen LogP contribution in [0.15, 0.2) is 72.9 Å². The highest BCUT2D eigenvalue weighted by Crippen LogP contribution is 2.36. The first kappa shape index (κ1) is 40.5. The number of carbonyl (C=O) groups is 4. The number of imide groups is 2. The first-order valence-electron chi connectivity index (χ1n) is 21.0. The lowest BCUT2D eigenvalue weighted by Gasteiger charge is -2.43. The predicted octanol–water partition coefficient (Wildman–Crippen LogP) is 4.64. The summed E-state index contributed by atoms with van der Waals surface area (Å²) >= 11 is 6.30. The van der Waals surface area contributed by atoms with Crippen LogP contribution in [-0.2, 0) is 21.6 Å². The number of anilines is 2. The second-order valence-corrected chi connectivity index (χ2v) is 17.7. The Bertz CT molecular complexity index is 2420. The summed E-state index contributed by atoms with van der Waals surface area (Å²) in [7, 11) is 0. The Hall–Kier alpha value is -5.88. The number of nitrogens with zero attached hydrogens (tertiary/aromatic N) is 8. The molecule has 1 N–H and O–H groups in total. The van der Waals surface area contributed by atoms with Gasteiger partial charge in [0.25, 0.3) is 11.8 Å². The smallest absolute Gasteiger partial charge is 0.262 e. The first-order chi connectivity index (χ1) is 29.4. The monoisotopic (exact) mass is 841 g/mol. The molecule has 0 saturated carbocycles. The van der Waals surface area contributed by atoms with Crippen molar-refractivity contribution in [1.82, 2.24) is 30.0 Å². The second-order valence-electron chi connectivity index (χ2n) is 17.3. The second kappa shape index (κ2) is 16.5. The van der Waals surface area contributed by atoms with E-state index in [1.807, 2.05) is 48.5 Å². The molecule has 0 bridgehead atoms. The highest BCUT2D eigenvalue weighted by atomic mass is 35.5. The molecule has 61 heavy (non-hydrogen) atoms. The van der Waals surface area contributed by atoms with Crippen molar-refractivity contribution in [3.63, 3.8) is 0 Å². The van der Waals surface area contributed by atoms with E-state index in [4.69, 9.17) is 21.3 Å². The van der Waals surface area contributed by atoms with Crippen molar-refractivity contribution < 1.29 is 23.9 Å². The van der Waals surface area contributed by atoms with E-state index in [0.717, 1.165) is 104 Å². The van der Waals surface area contributed by atoms with Gasteiger partial charge in [0.15, 0.2) is 0 Å². The normalized spacial score (nSPS) is 21.4. The molecular weight excluding hydrogens is 794 g/mol. The quantitative estimate of drug-likeness (QED) is 0.209. The number of amides is 4. The summed E-state index contributed by atoms with van der Waals surface area (Å²) in [6.45, 7) is 13.1. The fourth-order valence-corrected chi connectivity index (χ4v) is 9.64. The molecule has 0 aliphatic carbocycles. The van der Waals surface area contributed by atoms with Crippen LogP contribution < -0.4 is 19.9 Å². The largest absolute Gasteiger partial charge is 0.487 e. The Labute approximate surface area is 360 Å². The van der Waals surface area contributed by atoms with Crippen LogP contribution in [0.3, 0.4) is 0 Å². The standard InChI is InChI=1S/C46H48ClN9O5/c1-46(2,32-19-29(23-48)20-33(47)21-32)31-3-6-37(7-4-31)61-28-34-11-13-49-45(50-34)54-17-15-53(16-18-54)36-12-14-52(27-36)24-30-25-55(26-30)35-5-8-38-39(22-35)44(60)56(43(38)59)40-9-10-41(57)51-42(40)58/h3-8,11,13,19-22,30,36,40H,9-10,12,14-18,24-28H2,1-2H3,(H,51,57,58). The maximum absolute atomic E-state index is 13.3. The molecule has 2 unspecified atom stereocenters. The van der Waals surface area contributed by atoms with Gasteiger partial charge >= 0.3 is 0 Å². The lowest BCUT2D eigenvalue weighted by atomic mass is 9.78. The topological polar surface area (TPSA) is 155 Å². The highest BCUT2D eigenvalue weighted by Gasteiger charge is 2.45. The number of likely N-dealkylation sites (tertiary alicyclic amines) is 1. The van der Waals surface area contributed by atoms with Gasteiger partial charge in [-0.3, -0.25) is 34.3 Å². The zero-order chi connectivity index (χ0) is 42.4. The van der Waals surface area contributed by atoms with Crippen molar-refractivity contribution in [3.05, 3.63) is 111 Å². The van der Waals surface area contributed by atoms with Crippen LogP contribution in [0.2, 0.25) is 5.02 Å². The number of ether oxygens (including phenoxy) is 1. The van der Waals surface area contributed by atoms with Gasteiger partial charge in [0.05, 0.1) is 28.5 Å². The van der Waals surface area contributed by atoms with Crippen molar-refractivity contribution in [3.8, 4) is 11.8 Å². The van der Waals surface area contributed by atoms with E-state index in [1.165, 1.54) is 0 Å². The molecule has 4 amide bonds. The first-order valence-corrected chi connectivity index (χ1v) is 21.4. The van der Waals surface area contributed by atoms with Crippen LogP contribution in [0, 0.1) is 17.2 Å². The van der Waals surface area contributed by atoms with E-state index in [9.17, 15) is 24.4 Å². The van der Waals surface area contributed by atoms with Crippen molar-refractivity contribution in [2.45, 2.75) is 57.2 Å². The van der Waals surface area contributed by atoms with E-state index >= 15 is 0 Å². The van der Waals surface area contributed by atoms with Gasteiger partial charge in [-0.25, -0.2) is 9.97 Å². The molecule has 314 valence electrons. The van der Waals surface area contributed by atoms with Gasteiger partial charge in [0.1, 0.15) is 18.4 Å². The average Bonchev–Trinajstić information content (AvgIpc) is 3.82. The minimum atomic E-state index is -0.965. The minimum absolute atomic E-state index is 0.0973. The molecular formula is C46H48ClN9O5. The zero-order valence-electron chi connectivity index (χ0n) is 34.3. The van der Waals surface area contributed by atoms with E-state index in [0.29, 0.717) is 40.3 Å². The van der Waals surface area contributed by atoms with E-state index in [2.05, 4.69) is 49.8 Å². The maximum atomic E-state index is 13.3. The van der Waals surface area contributed by atoms with Crippen LogP contribution in [0.25, 0.3) is 0 Å². The lowest BCUT2D eigenvalue weighted by Crippen LogP contribution is -2.54. The number of nitriles is 1. The third kappa shape index (κ3) is 8.17. The number of hydrogen-bond acceptors (Lipinski definition) is 12. The number of carbonyl (C=O) groups excluding carboxylic acids is 4. The number of nitrogens with one attached hydrogen (secondary N) is 1. The Morgan fingerprint density at radius 2 is 1.62 bits per heavy atom. The molecule has 4 fully saturated rings. The van der Waals surface area contributed by atoms with Crippen LogP contribution in [0.4, 0.5) is 11.6 Å². The molecule has 1 aromatic heterocycles. The maximum Gasteiger partial charge on any atom is 0.262 e. The number of halogens is 1. The van der Waals surface area contributed by atoms with Gasteiger partial charge in [0.2, 0.25) is 17.8 Å². The van der Waals surface area contributed by atoms with E-state index in [-0.39, 0.29) is 24.2 Å². The van der Waals surface area contributed by atoms with Crippen LogP contribution in [-0.4, -0.2) is 119 Å². The molecule has 4 aromatic rings. The summed E-state index contributed by atoms with van der Waals surface area (Å²) in [4.78, 5) is 70.6. The Morgan fingerprint density at radius 3 is 2.38 bits per heavy atom. The van der Waals surface area contributed by atoms with Gasteiger partial charge in [-0.05, 0) is 85.1 Å². The number of benzene rings is 3. The molecule has 9 rings (SSSR count). The van der Waals surface area contributed by atoms with Crippen molar-refractivity contribution in [2.75, 3.05) is 68.7 Å². The molecule has 5 aliphatic rings. The number of fused-ring (bicyclic) bond motifs is 1. The molecule has 0 spiro atoms. The minimum Gasteiger partial charge on any atom is -0.487 e. The number of aromatic nitrogens is 2. The zero-order valence-corrected chi connectivity index (χ0v) is 35.1. The molecule has 5 aliphatic heterocycles. The Morgan fingerprint density at radius 1 is 0.852 bits per heavy atom. The molecule has 3 aromatic carbocycles. The van der Waals surface area contributed by atoms with Crippen LogP contribution in [0.1, 0.15) is 76.2 Å². The van der Waals surface area contributed by atoms with E-state index in [1.54, 1.807) is 24.4 Å². The number of piperazine rings is 1. The number of rotatable bonds is 11. The summed E-state index contributed by atoms with van der Waals surface area (Å²) in [5, 5.41) is 12.2. The van der Waals surface area contributed by atoms with Gasteiger partial charge in [0, 0.05) is 93.1 Å². The van der Waals surface area contributed by atoms with Crippen molar-refractivity contribution >= 4 is 46.9 Å². The Balaban J connectivity index is 0.716. The Kier molecular flexibility index (Phi) is 11.0. The van der Waals surface area contributed by atoms with Crippen LogP contribution in [0.5, 0.6) is 5.75 Å². The molecule has 14 nitrogen and oxygen atoms in total. The van der Waals surface area contributed by atoms with Crippen LogP contribution >= 0.6 is 11.6 Å². The fraction of sp³-hybridized carbons (Fsp3) is 0.413. The van der Waals surface area contributed by atoms with Crippen molar-refractivity contribution in [1.29, 1.82) is 5.26 Å². The lowest BCUT2D eigenvalue weighted by molar-refractivity contribution is -0.136. The molecule has 15 heteroatoms. The average molecular weight is 842 g/mol. The summed E-state index contributed by atoms with van der Waals surface area (Å²) in [5.74, 6) is 0.0402. The van der Waals surface area contributed by atoms with Gasteiger partial charge in [-0.15, -0.1) is 0 Å². The predicted molar refractivity (Wildman–Crippen MR) is 229 cm³/mol. The fourth-order valence-electron chi connectivity index (χ4n) is 9.40. The number of hydrogen-bond donors (Lipinski definition) is 1. The third-order valence-corrected chi connectivity index (χ3v) is 13.3. The van der Waals surface area contributed by atoms with E-state index < -0.39 is 23.8 Å². The highest BCUT2D eigenvalue weighted by molar-refractivity contribution is 6.30. The summed E-state index contributed by atoms with van der Waals surface area (Å²) in [5.41, 5.74) is 4.59. The number of piperidine rings is 1. The van der Waals surface area contributed by atoms with Gasteiger partial charge in [-0.1, -0.05) is 37.6 Å². The molecule has 0 radical (unpaired) electrons. The third-order valence-electron chi connectivity index (χ3n) is 13.0. The van der Waals surface area contributed by atoms with Crippen molar-refractivity contribution in [2.24, 2.45) is 5.92 Å². The summed E-state index contributed by atoms with van der Waals surface area (Å²) in [6.07, 6.45) is 3.19. The molecule has 4 saturated heterocycles.